The standard InChI is InChI=1S/C19H24ClN3OS/c1-14-17(25-19(22-14)15-8-3-4-9-16(15)20)18(24)21-10-7-13-23-11-5-2-6-12-23/h3-4,8-9H,2,5-7,10-13H2,1H3,(H,21,24). The third-order valence-corrected chi connectivity index (χ3v) is 6.01. The molecule has 1 aromatic carbocycles. The van der Waals surface area contributed by atoms with Gasteiger partial charge in [-0.3, -0.25) is 4.79 Å². The lowest BCUT2D eigenvalue weighted by molar-refractivity contribution is 0.0954. The molecule has 25 heavy (non-hydrogen) atoms. The number of aryl methyl sites for hydroxylation is 1. The van der Waals surface area contributed by atoms with Crippen LogP contribution in [-0.4, -0.2) is 42.0 Å². The second-order valence-corrected chi connectivity index (χ2v) is 7.83. The zero-order chi connectivity index (χ0) is 17.6. The van der Waals surface area contributed by atoms with Gasteiger partial charge in [0.15, 0.2) is 0 Å². The number of amides is 1. The van der Waals surface area contributed by atoms with Gasteiger partial charge in [0.2, 0.25) is 0 Å². The average molecular weight is 378 g/mol. The minimum absolute atomic E-state index is 0.0352. The van der Waals surface area contributed by atoms with Crippen LogP contribution in [-0.2, 0) is 0 Å². The molecular formula is C19H24ClN3OS. The summed E-state index contributed by atoms with van der Waals surface area (Å²) in [6, 6.07) is 7.59. The molecule has 0 aliphatic carbocycles. The maximum atomic E-state index is 12.5. The van der Waals surface area contributed by atoms with Crippen LogP contribution in [0.25, 0.3) is 10.6 Å². The molecule has 0 radical (unpaired) electrons. The Morgan fingerprint density at radius 1 is 1.28 bits per heavy atom. The van der Waals surface area contributed by atoms with Crippen molar-refractivity contribution in [2.24, 2.45) is 0 Å². The topological polar surface area (TPSA) is 45.2 Å². The first-order chi connectivity index (χ1) is 12.1. The molecule has 134 valence electrons. The van der Waals surface area contributed by atoms with Crippen molar-refractivity contribution in [1.82, 2.24) is 15.2 Å². The number of hydrogen-bond donors (Lipinski definition) is 1. The Morgan fingerprint density at radius 3 is 2.80 bits per heavy atom. The molecule has 2 aromatic rings. The molecule has 3 rings (SSSR count). The van der Waals surface area contributed by atoms with Crippen LogP contribution in [0.4, 0.5) is 0 Å². The molecule has 1 aliphatic rings. The molecule has 0 spiro atoms. The summed E-state index contributed by atoms with van der Waals surface area (Å²) in [5, 5.41) is 4.48. The van der Waals surface area contributed by atoms with Gasteiger partial charge in [-0.2, -0.15) is 0 Å². The number of aromatic nitrogens is 1. The van der Waals surface area contributed by atoms with Crippen molar-refractivity contribution in [3.63, 3.8) is 0 Å². The number of likely N-dealkylation sites (tertiary alicyclic amines) is 1. The summed E-state index contributed by atoms with van der Waals surface area (Å²) < 4.78 is 0. The quantitative estimate of drug-likeness (QED) is 0.760. The Hall–Kier alpha value is -1.43. The highest BCUT2D eigenvalue weighted by molar-refractivity contribution is 7.17. The molecule has 1 aliphatic heterocycles. The molecule has 1 amide bonds. The van der Waals surface area contributed by atoms with Crippen molar-refractivity contribution < 1.29 is 4.79 Å². The molecule has 1 fully saturated rings. The molecule has 1 aromatic heterocycles. The molecule has 0 saturated carbocycles. The van der Waals surface area contributed by atoms with E-state index in [0.717, 1.165) is 29.2 Å². The van der Waals surface area contributed by atoms with E-state index >= 15 is 0 Å². The highest BCUT2D eigenvalue weighted by Gasteiger charge is 2.17. The minimum atomic E-state index is -0.0352. The van der Waals surface area contributed by atoms with Crippen molar-refractivity contribution >= 4 is 28.8 Å². The van der Waals surface area contributed by atoms with Crippen LogP contribution in [0, 0.1) is 6.92 Å². The van der Waals surface area contributed by atoms with Crippen LogP contribution >= 0.6 is 22.9 Å². The Morgan fingerprint density at radius 2 is 2.04 bits per heavy atom. The Bertz CT molecular complexity index is 725. The maximum Gasteiger partial charge on any atom is 0.263 e. The van der Waals surface area contributed by atoms with Gasteiger partial charge in [-0.1, -0.05) is 36.2 Å². The number of nitrogens with zero attached hydrogens (tertiary/aromatic N) is 2. The first-order valence-electron chi connectivity index (χ1n) is 8.88. The van der Waals surface area contributed by atoms with E-state index in [0.29, 0.717) is 16.4 Å². The minimum Gasteiger partial charge on any atom is -0.351 e. The van der Waals surface area contributed by atoms with E-state index in [2.05, 4.69) is 15.2 Å². The zero-order valence-corrected chi connectivity index (χ0v) is 16.1. The van der Waals surface area contributed by atoms with Crippen LogP contribution in [0.15, 0.2) is 24.3 Å². The Kier molecular flexibility index (Phi) is 6.45. The van der Waals surface area contributed by atoms with Gasteiger partial charge in [-0.25, -0.2) is 4.98 Å². The van der Waals surface area contributed by atoms with Gasteiger partial charge in [0.05, 0.1) is 10.7 Å². The van der Waals surface area contributed by atoms with Crippen LogP contribution in [0.5, 0.6) is 0 Å². The predicted molar refractivity (Wildman–Crippen MR) is 105 cm³/mol. The number of benzene rings is 1. The fourth-order valence-corrected chi connectivity index (χ4v) is 4.43. The highest BCUT2D eigenvalue weighted by atomic mass is 35.5. The van der Waals surface area contributed by atoms with Gasteiger partial charge >= 0.3 is 0 Å². The average Bonchev–Trinajstić information content (AvgIpc) is 3.01. The second-order valence-electron chi connectivity index (χ2n) is 6.43. The van der Waals surface area contributed by atoms with Crippen molar-refractivity contribution in [1.29, 1.82) is 0 Å². The predicted octanol–water partition coefficient (Wildman–Crippen LogP) is 4.38. The summed E-state index contributed by atoms with van der Waals surface area (Å²) in [6.07, 6.45) is 4.95. The van der Waals surface area contributed by atoms with E-state index in [1.54, 1.807) is 0 Å². The number of nitrogens with one attached hydrogen (secondary N) is 1. The third-order valence-electron chi connectivity index (χ3n) is 4.49. The Balaban J connectivity index is 1.54. The summed E-state index contributed by atoms with van der Waals surface area (Å²) in [5.41, 5.74) is 1.63. The van der Waals surface area contributed by atoms with E-state index in [1.807, 2.05) is 31.2 Å². The lowest BCUT2D eigenvalue weighted by atomic mass is 10.1. The largest absolute Gasteiger partial charge is 0.351 e. The molecule has 4 nitrogen and oxygen atoms in total. The van der Waals surface area contributed by atoms with E-state index < -0.39 is 0 Å². The monoisotopic (exact) mass is 377 g/mol. The van der Waals surface area contributed by atoms with E-state index in [9.17, 15) is 4.79 Å². The fourth-order valence-electron chi connectivity index (χ4n) is 3.12. The highest BCUT2D eigenvalue weighted by Crippen LogP contribution is 2.32. The molecule has 6 heteroatoms. The summed E-state index contributed by atoms with van der Waals surface area (Å²) in [5.74, 6) is -0.0352. The van der Waals surface area contributed by atoms with Gasteiger partial charge < -0.3 is 10.2 Å². The van der Waals surface area contributed by atoms with Crippen LogP contribution in [0.1, 0.15) is 41.0 Å². The van der Waals surface area contributed by atoms with E-state index in [-0.39, 0.29) is 5.91 Å². The van der Waals surface area contributed by atoms with E-state index in [4.69, 9.17) is 11.6 Å². The molecule has 1 N–H and O–H groups in total. The summed E-state index contributed by atoms with van der Waals surface area (Å²) in [7, 11) is 0. The zero-order valence-electron chi connectivity index (χ0n) is 14.6. The molecule has 0 unspecified atom stereocenters. The molecule has 1 saturated heterocycles. The van der Waals surface area contributed by atoms with Crippen molar-refractivity contribution in [3.05, 3.63) is 39.9 Å². The third kappa shape index (κ3) is 4.81. The Labute approximate surface area is 158 Å². The van der Waals surface area contributed by atoms with Gasteiger partial charge in [0.25, 0.3) is 5.91 Å². The molecule has 0 bridgehead atoms. The normalized spacial score (nSPS) is 15.3. The molecular weight excluding hydrogens is 354 g/mol. The molecule has 2 heterocycles. The first-order valence-corrected chi connectivity index (χ1v) is 10.1. The van der Waals surface area contributed by atoms with Crippen LogP contribution in [0.2, 0.25) is 5.02 Å². The number of thiazole rings is 1. The fraction of sp³-hybridized carbons (Fsp3) is 0.474. The lowest BCUT2D eigenvalue weighted by Gasteiger charge is -2.26. The SMILES string of the molecule is Cc1nc(-c2ccccc2Cl)sc1C(=O)NCCCN1CCCCC1. The number of carbonyl (C=O) groups is 1. The first kappa shape index (κ1) is 18.4. The van der Waals surface area contributed by atoms with Crippen LogP contribution < -0.4 is 5.32 Å². The van der Waals surface area contributed by atoms with Gasteiger partial charge in [-0.15, -0.1) is 11.3 Å². The smallest absolute Gasteiger partial charge is 0.263 e. The number of carbonyl (C=O) groups excluding carboxylic acids is 1. The van der Waals surface area contributed by atoms with Gasteiger partial charge in [0, 0.05) is 12.1 Å². The summed E-state index contributed by atoms with van der Waals surface area (Å²) >= 11 is 7.64. The number of hydrogen-bond acceptors (Lipinski definition) is 4. The number of piperidine rings is 1. The molecule has 0 atom stereocenters. The lowest BCUT2D eigenvalue weighted by Crippen LogP contribution is -2.33. The van der Waals surface area contributed by atoms with Gasteiger partial charge in [-0.05, 0) is 51.9 Å². The van der Waals surface area contributed by atoms with Crippen molar-refractivity contribution in [3.8, 4) is 10.6 Å². The maximum absolute atomic E-state index is 12.5. The van der Waals surface area contributed by atoms with Crippen molar-refractivity contribution in [2.45, 2.75) is 32.6 Å². The summed E-state index contributed by atoms with van der Waals surface area (Å²) in [6.45, 7) is 6.03. The van der Waals surface area contributed by atoms with E-state index in [1.165, 1.54) is 43.7 Å². The van der Waals surface area contributed by atoms with Crippen LogP contribution in [0.3, 0.4) is 0 Å². The number of halogens is 1. The summed E-state index contributed by atoms with van der Waals surface area (Å²) in [4.78, 5) is 20.2. The van der Waals surface area contributed by atoms with Gasteiger partial charge in [0.1, 0.15) is 9.88 Å². The second kappa shape index (κ2) is 8.79. The van der Waals surface area contributed by atoms with Crippen molar-refractivity contribution in [2.75, 3.05) is 26.2 Å². The number of rotatable bonds is 6.